The fourth-order valence-corrected chi connectivity index (χ4v) is 5.29. The van der Waals surface area contributed by atoms with E-state index in [4.69, 9.17) is 9.51 Å². The molecular formula is C30H24N6O3S. The van der Waals surface area contributed by atoms with Crippen molar-refractivity contribution in [1.29, 1.82) is 0 Å². The highest BCUT2D eigenvalue weighted by atomic mass is 32.1. The molecule has 10 heteroatoms. The maximum Gasteiger partial charge on any atom is 0.268 e. The van der Waals surface area contributed by atoms with Crippen molar-refractivity contribution in [3.63, 3.8) is 0 Å². The van der Waals surface area contributed by atoms with Crippen LogP contribution in [0.4, 0.5) is 11.6 Å². The summed E-state index contributed by atoms with van der Waals surface area (Å²) in [5.41, 5.74) is 4.56. The van der Waals surface area contributed by atoms with E-state index in [1.165, 1.54) is 17.6 Å². The minimum Gasteiger partial charge on any atom is -0.364 e. The molecule has 0 unspecified atom stereocenters. The van der Waals surface area contributed by atoms with Gasteiger partial charge in [0, 0.05) is 43.3 Å². The van der Waals surface area contributed by atoms with Crippen LogP contribution in [0.25, 0.3) is 21.6 Å². The number of nitrogens with one attached hydrogen (secondary N) is 1. The largest absolute Gasteiger partial charge is 0.364 e. The number of hydrogen-bond acceptors (Lipinski definition) is 7. The van der Waals surface area contributed by atoms with Gasteiger partial charge in [0.2, 0.25) is 5.95 Å². The van der Waals surface area contributed by atoms with Gasteiger partial charge in [-0.05, 0) is 60.5 Å². The number of fused-ring (bicyclic) bond motifs is 1. The van der Waals surface area contributed by atoms with E-state index in [9.17, 15) is 9.59 Å². The molecule has 40 heavy (non-hydrogen) atoms. The summed E-state index contributed by atoms with van der Waals surface area (Å²) in [7, 11) is 1.74. The molecule has 0 fully saturated rings. The summed E-state index contributed by atoms with van der Waals surface area (Å²) in [6, 6.07) is 24.1. The van der Waals surface area contributed by atoms with E-state index in [0.29, 0.717) is 46.3 Å². The average molecular weight is 549 g/mol. The number of pyridine rings is 1. The van der Waals surface area contributed by atoms with Crippen molar-refractivity contribution >= 4 is 45.8 Å². The Kier molecular flexibility index (Phi) is 6.90. The van der Waals surface area contributed by atoms with Crippen molar-refractivity contribution in [3.8, 4) is 10.6 Å². The summed E-state index contributed by atoms with van der Waals surface area (Å²) in [5.74, 6) is 0.0360. The zero-order chi connectivity index (χ0) is 27.5. The lowest BCUT2D eigenvalue weighted by Gasteiger charge is -2.17. The van der Waals surface area contributed by atoms with Crippen molar-refractivity contribution in [1.82, 2.24) is 19.7 Å². The molecule has 9 nitrogen and oxygen atoms in total. The first-order valence-electron chi connectivity index (χ1n) is 12.6. The molecule has 0 saturated carbocycles. The maximum atomic E-state index is 13.3. The van der Waals surface area contributed by atoms with Crippen molar-refractivity contribution in [3.05, 3.63) is 114 Å². The number of carbonyl (C=O) groups is 2. The van der Waals surface area contributed by atoms with Crippen LogP contribution in [0.3, 0.4) is 0 Å². The van der Waals surface area contributed by atoms with Crippen LogP contribution in [0, 0.1) is 0 Å². The molecule has 0 radical (unpaired) electrons. The molecule has 0 bridgehead atoms. The Morgan fingerprint density at radius 1 is 1.02 bits per heavy atom. The molecule has 0 aliphatic heterocycles. The van der Waals surface area contributed by atoms with Crippen LogP contribution < -0.4 is 10.2 Å². The topological polar surface area (TPSA) is 106 Å². The van der Waals surface area contributed by atoms with Crippen molar-refractivity contribution in [2.24, 2.45) is 0 Å². The number of hydrogen-bond donors (Lipinski definition) is 1. The lowest BCUT2D eigenvalue weighted by atomic mass is 10.2. The smallest absolute Gasteiger partial charge is 0.268 e. The molecule has 0 spiro atoms. The lowest BCUT2D eigenvalue weighted by Crippen LogP contribution is -2.26. The molecule has 0 aliphatic carbocycles. The van der Waals surface area contributed by atoms with E-state index < -0.39 is 0 Å². The second-order valence-corrected chi connectivity index (χ2v) is 10.2. The number of anilines is 2. The van der Waals surface area contributed by atoms with Crippen LogP contribution in [0.5, 0.6) is 0 Å². The molecule has 6 rings (SSSR count). The Hall–Kier alpha value is -5.09. The van der Waals surface area contributed by atoms with Gasteiger partial charge in [-0.2, -0.15) is 0 Å². The Morgan fingerprint density at radius 2 is 1.90 bits per heavy atom. The van der Waals surface area contributed by atoms with Gasteiger partial charge < -0.3 is 14.0 Å². The lowest BCUT2D eigenvalue weighted by molar-refractivity contribution is 0.0991. The van der Waals surface area contributed by atoms with Crippen molar-refractivity contribution in [2.45, 2.75) is 13.0 Å². The predicted octanol–water partition coefficient (Wildman–Crippen LogP) is 5.92. The number of benzene rings is 2. The minimum atomic E-state index is -0.269. The third-order valence-corrected chi connectivity index (χ3v) is 7.64. The second-order valence-electron chi connectivity index (χ2n) is 9.10. The average Bonchev–Trinajstić information content (AvgIpc) is 3.76. The zero-order valence-electron chi connectivity index (χ0n) is 21.5. The van der Waals surface area contributed by atoms with Crippen LogP contribution in [0.15, 0.2) is 102 Å². The highest BCUT2D eigenvalue weighted by Crippen LogP contribution is 2.29. The number of amides is 2. The van der Waals surface area contributed by atoms with Gasteiger partial charge in [-0.1, -0.05) is 29.4 Å². The normalized spacial score (nSPS) is 11.0. The summed E-state index contributed by atoms with van der Waals surface area (Å²) in [5, 5.41) is 6.94. The molecule has 0 saturated heterocycles. The first-order chi connectivity index (χ1) is 19.6. The fourth-order valence-electron chi connectivity index (χ4n) is 4.43. The Labute approximate surface area is 233 Å². The molecule has 1 N–H and O–H groups in total. The number of imidazole rings is 1. The van der Waals surface area contributed by atoms with E-state index in [1.54, 1.807) is 42.4 Å². The van der Waals surface area contributed by atoms with Crippen LogP contribution in [-0.4, -0.2) is 38.6 Å². The van der Waals surface area contributed by atoms with E-state index in [-0.39, 0.29) is 11.8 Å². The summed E-state index contributed by atoms with van der Waals surface area (Å²) in [4.78, 5) is 38.2. The number of nitrogens with zero attached hydrogens (tertiary/aromatic N) is 5. The first kappa shape index (κ1) is 25.2. The van der Waals surface area contributed by atoms with Crippen molar-refractivity contribution < 1.29 is 14.1 Å². The quantitative estimate of drug-likeness (QED) is 0.253. The summed E-state index contributed by atoms with van der Waals surface area (Å²) in [6.07, 6.45) is 5.77. The number of aromatic nitrogens is 4. The predicted molar refractivity (Wildman–Crippen MR) is 155 cm³/mol. The number of rotatable bonds is 8. The Morgan fingerprint density at radius 3 is 2.67 bits per heavy atom. The minimum absolute atomic E-state index is 0.120. The first-order valence-corrected chi connectivity index (χ1v) is 13.4. The summed E-state index contributed by atoms with van der Waals surface area (Å²) < 4.78 is 6.91. The molecule has 4 aromatic heterocycles. The molecule has 0 aliphatic rings. The van der Waals surface area contributed by atoms with Crippen molar-refractivity contribution in [2.75, 3.05) is 17.3 Å². The fraction of sp³-hybridized carbons (Fsp3) is 0.100. The van der Waals surface area contributed by atoms with E-state index in [2.05, 4.69) is 15.5 Å². The number of carbonyl (C=O) groups excluding carboxylic acids is 2. The van der Waals surface area contributed by atoms with Gasteiger partial charge in [0.05, 0.1) is 20.8 Å². The van der Waals surface area contributed by atoms with Gasteiger partial charge in [-0.15, -0.1) is 11.3 Å². The Bertz CT molecular complexity index is 1780. The van der Waals surface area contributed by atoms with Gasteiger partial charge in [0.15, 0.2) is 0 Å². The second kappa shape index (κ2) is 11.0. The van der Waals surface area contributed by atoms with E-state index in [0.717, 1.165) is 16.0 Å². The molecule has 4 heterocycles. The van der Waals surface area contributed by atoms with E-state index >= 15 is 0 Å². The monoisotopic (exact) mass is 548 g/mol. The van der Waals surface area contributed by atoms with Gasteiger partial charge in [0.25, 0.3) is 11.8 Å². The summed E-state index contributed by atoms with van der Waals surface area (Å²) in [6.45, 7) is 0.574. The van der Waals surface area contributed by atoms with Gasteiger partial charge >= 0.3 is 0 Å². The zero-order valence-corrected chi connectivity index (χ0v) is 22.3. The van der Waals surface area contributed by atoms with Crippen LogP contribution >= 0.6 is 11.3 Å². The van der Waals surface area contributed by atoms with Gasteiger partial charge in [0.1, 0.15) is 12.0 Å². The molecule has 2 aromatic carbocycles. The third kappa shape index (κ3) is 5.12. The molecule has 198 valence electrons. The highest BCUT2D eigenvalue weighted by Gasteiger charge is 2.19. The summed E-state index contributed by atoms with van der Waals surface area (Å²) >= 11 is 1.32. The van der Waals surface area contributed by atoms with Crippen LogP contribution in [-0.2, 0) is 13.0 Å². The molecule has 2 amide bonds. The molecule has 6 aromatic rings. The molecule has 0 atom stereocenters. The third-order valence-electron chi connectivity index (χ3n) is 6.54. The van der Waals surface area contributed by atoms with Gasteiger partial charge in [-0.25, -0.2) is 4.98 Å². The Balaban J connectivity index is 1.31. The molecular weight excluding hydrogens is 524 g/mol. The van der Waals surface area contributed by atoms with Gasteiger partial charge in [-0.3, -0.25) is 19.9 Å². The number of thiophene rings is 1. The number of aryl methyl sites for hydroxylation is 2. The maximum absolute atomic E-state index is 13.3. The van der Waals surface area contributed by atoms with Crippen LogP contribution in [0.2, 0.25) is 0 Å². The van der Waals surface area contributed by atoms with Crippen LogP contribution in [0.1, 0.15) is 25.6 Å². The standard InChI is InChI=1S/C30H24N6O3S/c1-35(29(38)21-7-3-2-4-8-21)22-9-10-25-24(18-22)32-30(36(25)16-13-20-6-5-15-31-19-20)33-28(37)27-12-11-26(40-27)23-14-17-39-34-23/h2-12,14-15,17-19H,13,16H2,1H3,(H,32,33,37). The van der Waals surface area contributed by atoms with E-state index in [1.807, 2.05) is 65.4 Å². The highest BCUT2D eigenvalue weighted by molar-refractivity contribution is 7.17. The SMILES string of the molecule is CN(C(=O)c1ccccc1)c1ccc2c(c1)nc(NC(=O)c1ccc(-c3ccon3)s1)n2CCc1cccnc1.